The van der Waals surface area contributed by atoms with Gasteiger partial charge in [0.2, 0.25) is 5.91 Å². The van der Waals surface area contributed by atoms with Gasteiger partial charge in [-0.15, -0.1) is 0 Å². The van der Waals surface area contributed by atoms with Crippen LogP contribution in [-0.2, 0) is 14.3 Å². The Morgan fingerprint density at radius 3 is 1.53 bits per heavy atom. The van der Waals surface area contributed by atoms with Gasteiger partial charge in [-0.1, -0.05) is 186 Å². The molecule has 0 fully saturated rings. The molecule has 6 nitrogen and oxygen atoms in total. The molecule has 3 unspecified atom stereocenters. The molecule has 1 amide bonds. The monoisotopic (exact) mass is 774 g/mol. The third-order valence-electron chi connectivity index (χ3n) is 10.7. The lowest BCUT2D eigenvalue weighted by Gasteiger charge is -2.24. The first-order chi connectivity index (χ1) is 27.0. The number of unbranched alkanes of at least 4 members (excludes halogenated alkanes) is 24. The summed E-state index contributed by atoms with van der Waals surface area (Å²) in [5.41, 5.74) is 0. The Morgan fingerprint density at radius 2 is 0.964 bits per heavy atom. The molecule has 3 atom stereocenters. The minimum atomic E-state index is -0.788. The maximum Gasteiger partial charge on any atom is 0.306 e. The van der Waals surface area contributed by atoms with Crippen molar-refractivity contribution in [3.05, 3.63) is 36.5 Å². The number of nitrogens with one attached hydrogen (secondary N) is 1. The first-order valence-electron chi connectivity index (χ1n) is 23.7. The summed E-state index contributed by atoms with van der Waals surface area (Å²) in [5, 5.41) is 23.6. The van der Waals surface area contributed by atoms with Gasteiger partial charge in [0.25, 0.3) is 0 Å². The van der Waals surface area contributed by atoms with Gasteiger partial charge in [-0.05, 0) is 77.0 Å². The van der Waals surface area contributed by atoms with E-state index in [9.17, 15) is 19.8 Å². The van der Waals surface area contributed by atoms with Crippen molar-refractivity contribution < 1.29 is 24.5 Å². The molecule has 0 radical (unpaired) electrons. The van der Waals surface area contributed by atoms with E-state index in [0.717, 1.165) is 89.9 Å². The number of carbonyl (C=O) groups excluding carboxylic acids is 2. The predicted octanol–water partition coefficient (Wildman–Crippen LogP) is 13.7. The van der Waals surface area contributed by atoms with E-state index in [4.69, 9.17) is 4.74 Å². The van der Waals surface area contributed by atoms with Gasteiger partial charge in [-0.2, -0.15) is 0 Å². The van der Waals surface area contributed by atoms with Crippen molar-refractivity contribution in [2.75, 3.05) is 6.61 Å². The second kappa shape index (κ2) is 43.2. The number of esters is 1. The van der Waals surface area contributed by atoms with E-state index in [1.54, 1.807) is 0 Å². The van der Waals surface area contributed by atoms with Crippen LogP contribution in [0.3, 0.4) is 0 Å². The van der Waals surface area contributed by atoms with E-state index < -0.39 is 18.2 Å². The van der Waals surface area contributed by atoms with Crippen molar-refractivity contribution in [2.24, 2.45) is 0 Å². The average molecular weight is 774 g/mol. The van der Waals surface area contributed by atoms with Crippen molar-refractivity contribution in [3.8, 4) is 0 Å². The summed E-state index contributed by atoms with van der Waals surface area (Å²) < 4.78 is 5.88. The van der Waals surface area contributed by atoms with Crippen LogP contribution < -0.4 is 5.32 Å². The van der Waals surface area contributed by atoms with Gasteiger partial charge in [0, 0.05) is 6.42 Å². The molecule has 0 aromatic rings. The number of rotatable bonds is 42. The fourth-order valence-electron chi connectivity index (χ4n) is 7.05. The zero-order chi connectivity index (χ0) is 40.3. The quantitative estimate of drug-likeness (QED) is 0.0326. The van der Waals surface area contributed by atoms with E-state index >= 15 is 0 Å². The lowest BCUT2D eigenvalue weighted by molar-refractivity contribution is -0.151. The van der Waals surface area contributed by atoms with E-state index in [2.05, 4.69) is 62.5 Å². The number of aliphatic hydroxyl groups is 2. The molecule has 0 spiro atoms. The molecule has 0 aromatic heterocycles. The molecule has 322 valence electrons. The molecule has 55 heavy (non-hydrogen) atoms. The first-order valence-corrected chi connectivity index (χ1v) is 23.7. The van der Waals surface area contributed by atoms with Gasteiger partial charge in [0.05, 0.1) is 25.2 Å². The molecule has 6 heteroatoms. The summed E-state index contributed by atoms with van der Waals surface area (Å²) in [7, 11) is 0. The molecule has 0 aliphatic heterocycles. The van der Waals surface area contributed by atoms with E-state index in [0.29, 0.717) is 19.3 Å². The van der Waals surface area contributed by atoms with Gasteiger partial charge in [-0.3, -0.25) is 9.59 Å². The van der Waals surface area contributed by atoms with Crippen molar-refractivity contribution >= 4 is 11.9 Å². The summed E-state index contributed by atoms with van der Waals surface area (Å²) in [6.45, 7) is 6.37. The van der Waals surface area contributed by atoms with Crippen LogP contribution in [0.1, 0.15) is 239 Å². The second-order valence-corrected chi connectivity index (χ2v) is 16.2. The van der Waals surface area contributed by atoms with Crippen LogP contribution >= 0.6 is 0 Å². The van der Waals surface area contributed by atoms with E-state index in [1.807, 2.05) is 0 Å². The normalized spacial score (nSPS) is 13.6. The molecular weight excluding hydrogens is 683 g/mol. The van der Waals surface area contributed by atoms with Crippen LogP contribution in [0.4, 0.5) is 0 Å². The van der Waals surface area contributed by atoms with Crippen molar-refractivity contribution in [3.63, 3.8) is 0 Å². The Hall–Kier alpha value is -1.92. The van der Waals surface area contributed by atoms with Gasteiger partial charge >= 0.3 is 5.97 Å². The lowest BCUT2D eigenvalue weighted by Crippen LogP contribution is -2.46. The van der Waals surface area contributed by atoms with Gasteiger partial charge in [0.1, 0.15) is 6.10 Å². The summed E-state index contributed by atoms with van der Waals surface area (Å²) >= 11 is 0. The number of allylic oxidation sites excluding steroid dienone is 6. The lowest BCUT2D eigenvalue weighted by atomic mass is 10.0. The zero-order valence-corrected chi connectivity index (χ0v) is 36.6. The minimum absolute atomic E-state index is 0.0642. The highest BCUT2D eigenvalue weighted by molar-refractivity contribution is 5.77. The van der Waals surface area contributed by atoms with Gasteiger partial charge in [0.15, 0.2) is 0 Å². The standard InChI is InChI=1S/C49H91NO5/c1-4-7-10-13-16-19-21-22-23-24-25-26-28-30-33-36-39-42-49(54)55-45(40-37-34-31-18-15-12-9-6-3)43-48(53)50-46(44-51)47(52)41-38-35-32-29-27-20-17-14-11-8-5-2/h12,15-16,19,22-23,45-47,51-52H,4-11,13-14,17-18,20-21,24-44H2,1-3H3,(H,50,53)/b15-12-,19-16-,23-22-. The van der Waals surface area contributed by atoms with Crippen molar-refractivity contribution in [1.29, 1.82) is 0 Å². The van der Waals surface area contributed by atoms with Crippen molar-refractivity contribution in [2.45, 2.75) is 257 Å². The smallest absolute Gasteiger partial charge is 0.306 e. The third kappa shape index (κ3) is 38.7. The van der Waals surface area contributed by atoms with Gasteiger partial charge < -0.3 is 20.3 Å². The summed E-state index contributed by atoms with van der Waals surface area (Å²) in [6, 6.07) is -0.703. The number of hydrogen-bond acceptors (Lipinski definition) is 5. The Morgan fingerprint density at radius 1 is 0.527 bits per heavy atom. The molecule has 0 saturated carbocycles. The van der Waals surface area contributed by atoms with Crippen molar-refractivity contribution in [1.82, 2.24) is 5.32 Å². The largest absolute Gasteiger partial charge is 0.462 e. The molecule has 0 aromatic carbocycles. The highest BCUT2D eigenvalue weighted by atomic mass is 16.5. The van der Waals surface area contributed by atoms with Crippen LogP contribution in [-0.4, -0.2) is 46.9 Å². The SMILES string of the molecule is CCC/C=C\CCCCCC(CC(=O)NC(CO)C(O)CCCCCCCCCCCCC)OC(=O)CCCCCCCCC/C=C\C/C=C\CCCCC. The fraction of sp³-hybridized carbons (Fsp3) is 0.837. The zero-order valence-electron chi connectivity index (χ0n) is 36.6. The number of aliphatic hydroxyl groups excluding tert-OH is 2. The number of ether oxygens (including phenoxy) is 1. The number of carbonyl (C=O) groups is 2. The van der Waals surface area contributed by atoms with Crippen LogP contribution in [0.25, 0.3) is 0 Å². The van der Waals surface area contributed by atoms with Crippen LogP contribution in [0.5, 0.6) is 0 Å². The Bertz CT molecular complexity index is 915. The molecule has 3 N–H and O–H groups in total. The molecule has 0 saturated heterocycles. The third-order valence-corrected chi connectivity index (χ3v) is 10.7. The Labute approximate surface area is 341 Å². The summed E-state index contributed by atoms with van der Waals surface area (Å²) in [5.74, 6) is -0.499. The summed E-state index contributed by atoms with van der Waals surface area (Å²) in [4.78, 5) is 25.9. The minimum Gasteiger partial charge on any atom is -0.462 e. The van der Waals surface area contributed by atoms with E-state index in [1.165, 1.54) is 103 Å². The average Bonchev–Trinajstić information content (AvgIpc) is 3.18. The van der Waals surface area contributed by atoms with Gasteiger partial charge in [-0.25, -0.2) is 0 Å². The van der Waals surface area contributed by atoms with E-state index in [-0.39, 0.29) is 24.9 Å². The van der Waals surface area contributed by atoms with Crippen LogP contribution in [0.2, 0.25) is 0 Å². The fourth-order valence-corrected chi connectivity index (χ4v) is 7.05. The molecule has 0 bridgehead atoms. The maximum atomic E-state index is 13.1. The molecule has 0 heterocycles. The highest BCUT2D eigenvalue weighted by Crippen LogP contribution is 2.17. The molecule has 0 aliphatic carbocycles. The maximum absolute atomic E-state index is 13.1. The summed E-state index contributed by atoms with van der Waals surface area (Å²) in [6.07, 6.45) is 49.3. The number of hydrogen-bond donors (Lipinski definition) is 3. The Balaban J connectivity index is 4.46. The first kappa shape index (κ1) is 53.1. The predicted molar refractivity (Wildman–Crippen MR) is 236 cm³/mol. The van der Waals surface area contributed by atoms with Crippen LogP contribution in [0, 0.1) is 0 Å². The molecule has 0 rings (SSSR count). The highest BCUT2D eigenvalue weighted by Gasteiger charge is 2.24. The topological polar surface area (TPSA) is 95.9 Å². The Kier molecular flexibility index (Phi) is 41.7. The number of amides is 1. The molecular formula is C49H91NO5. The van der Waals surface area contributed by atoms with Crippen LogP contribution in [0.15, 0.2) is 36.5 Å². The molecule has 0 aliphatic rings. The second-order valence-electron chi connectivity index (χ2n) is 16.2.